The van der Waals surface area contributed by atoms with Gasteiger partial charge in [0.1, 0.15) is 47.9 Å². The van der Waals surface area contributed by atoms with Crippen molar-refractivity contribution in [1.29, 1.82) is 0 Å². The summed E-state index contributed by atoms with van der Waals surface area (Å²) in [7, 11) is 0. The minimum atomic E-state index is -1.78. The van der Waals surface area contributed by atoms with Gasteiger partial charge in [0, 0.05) is 25.2 Å². The second-order valence-corrected chi connectivity index (χ2v) is 21.7. The van der Waals surface area contributed by atoms with Gasteiger partial charge in [-0.1, -0.05) is 190 Å². The van der Waals surface area contributed by atoms with Crippen LogP contribution in [0.25, 0.3) is 11.1 Å². The fraction of sp³-hybridized carbons (Fsp3) is 0.318. The van der Waals surface area contributed by atoms with E-state index in [9.17, 15) is 48.3 Å². The van der Waals surface area contributed by atoms with Gasteiger partial charge < -0.3 is 52.2 Å². The van der Waals surface area contributed by atoms with E-state index in [0.717, 1.165) is 38.9 Å². The molecule has 0 unspecified atom stereocenters. The highest BCUT2D eigenvalue weighted by Gasteiger charge is 2.40. The molecule has 0 spiro atoms. The standard InChI is InChI=1S/C66H73N7O12/c1-6-41(2)57(61(80)68-53(62(81)82)36-38-56(75)76)71-59(78)54(39-43-23-11-7-12-24-43)69-58(77)42(3)67-63(83)65(4,5)73-60(79)52(70-64(84)85-40-51-49-33-21-19-31-47(49)48-32-20-22-34-50(48)51)35-37-55(74)72-66(44-25-13-8-14-26-44,45-27-15-9-16-28-45)46-29-17-10-18-30-46/h7-34,41-42,51-54,57H,6,35-40H2,1-5H3,(H,67,83)(H,68,80)(H,69,77)(H,70,84)(H,71,78)(H,72,74)(H,73,79)(H,75,76)(H,81,82)/t41-,42-,52-,53-,54-,57-/m0/s1. The van der Waals surface area contributed by atoms with E-state index in [4.69, 9.17) is 9.84 Å². The molecule has 444 valence electrons. The molecule has 0 aromatic heterocycles. The minimum absolute atomic E-state index is 0.0757. The van der Waals surface area contributed by atoms with Crippen molar-refractivity contribution in [1.82, 2.24) is 37.2 Å². The Bertz CT molecular complexity index is 3190. The van der Waals surface area contributed by atoms with Crippen LogP contribution in [0, 0.1) is 5.92 Å². The first-order chi connectivity index (χ1) is 40.7. The van der Waals surface area contributed by atoms with Crippen molar-refractivity contribution in [2.75, 3.05) is 6.61 Å². The summed E-state index contributed by atoms with van der Waals surface area (Å²) < 4.78 is 5.87. The van der Waals surface area contributed by atoms with Crippen LogP contribution < -0.4 is 37.2 Å². The summed E-state index contributed by atoms with van der Waals surface area (Å²) in [5, 5.41) is 37.8. The molecule has 0 heterocycles. The Balaban J connectivity index is 1.08. The van der Waals surface area contributed by atoms with Gasteiger partial charge >= 0.3 is 18.0 Å². The number of fused-ring (bicyclic) bond motifs is 3. The number of alkyl carbamates (subject to hydrolysis) is 1. The molecule has 6 atom stereocenters. The summed E-state index contributed by atoms with van der Waals surface area (Å²) in [5.74, 6) is -8.26. The van der Waals surface area contributed by atoms with E-state index in [1.54, 1.807) is 44.2 Å². The number of rotatable bonds is 28. The topological polar surface area (TPSA) is 288 Å². The number of benzene rings is 6. The number of hydrogen-bond donors (Lipinski definition) is 9. The van der Waals surface area contributed by atoms with Crippen molar-refractivity contribution in [3.05, 3.63) is 203 Å². The fourth-order valence-electron chi connectivity index (χ4n) is 10.4. The van der Waals surface area contributed by atoms with Gasteiger partial charge in [-0.2, -0.15) is 0 Å². The first-order valence-corrected chi connectivity index (χ1v) is 28.3. The molecule has 0 fully saturated rings. The number of carbonyl (C=O) groups is 9. The zero-order valence-electron chi connectivity index (χ0n) is 48.1. The van der Waals surface area contributed by atoms with E-state index in [2.05, 4.69) is 37.2 Å². The van der Waals surface area contributed by atoms with Gasteiger partial charge in [-0.05, 0) is 84.0 Å². The third-order valence-electron chi connectivity index (χ3n) is 15.3. The number of amides is 7. The number of carbonyl (C=O) groups excluding carboxylic acids is 7. The molecule has 0 saturated carbocycles. The predicted octanol–water partition coefficient (Wildman–Crippen LogP) is 6.87. The Morgan fingerprint density at radius 3 is 1.51 bits per heavy atom. The summed E-state index contributed by atoms with van der Waals surface area (Å²) in [5.41, 5.74) is 3.88. The van der Waals surface area contributed by atoms with E-state index in [-0.39, 0.29) is 31.8 Å². The third kappa shape index (κ3) is 16.1. The molecule has 1 aliphatic rings. The zero-order chi connectivity index (χ0) is 61.3. The number of aliphatic carboxylic acids is 2. The van der Waals surface area contributed by atoms with Crippen LogP contribution in [0.2, 0.25) is 0 Å². The number of hydrogen-bond acceptors (Lipinski definition) is 10. The molecule has 19 nitrogen and oxygen atoms in total. The van der Waals surface area contributed by atoms with E-state index in [1.165, 1.54) is 20.8 Å². The van der Waals surface area contributed by atoms with Crippen molar-refractivity contribution in [3.63, 3.8) is 0 Å². The highest BCUT2D eigenvalue weighted by Crippen LogP contribution is 2.44. The smallest absolute Gasteiger partial charge is 0.407 e. The monoisotopic (exact) mass is 1160 g/mol. The number of ether oxygens (including phenoxy) is 1. The van der Waals surface area contributed by atoms with Crippen molar-refractivity contribution < 1.29 is 58.1 Å². The van der Waals surface area contributed by atoms with Crippen molar-refractivity contribution in [2.24, 2.45) is 5.92 Å². The first-order valence-electron chi connectivity index (χ1n) is 28.3. The Hall–Kier alpha value is -9.65. The molecule has 0 bridgehead atoms. The second-order valence-electron chi connectivity index (χ2n) is 21.7. The Morgan fingerprint density at radius 1 is 0.518 bits per heavy atom. The summed E-state index contributed by atoms with van der Waals surface area (Å²) in [6.07, 6.45) is -2.17. The molecule has 0 saturated heterocycles. The highest BCUT2D eigenvalue weighted by molar-refractivity contribution is 5.98. The highest BCUT2D eigenvalue weighted by atomic mass is 16.5. The van der Waals surface area contributed by atoms with Crippen LogP contribution in [0.15, 0.2) is 170 Å². The van der Waals surface area contributed by atoms with Gasteiger partial charge in [-0.15, -0.1) is 0 Å². The number of carboxylic acid groups (broad SMARTS) is 2. The molecule has 6 aromatic carbocycles. The lowest BCUT2D eigenvalue weighted by molar-refractivity contribution is -0.143. The van der Waals surface area contributed by atoms with Gasteiger partial charge in [0.2, 0.25) is 35.4 Å². The average molecular weight is 1160 g/mol. The van der Waals surface area contributed by atoms with Gasteiger partial charge in [0.05, 0.1) is 0 Å². The van der Waals surface area contributed by atoms with Gasteiger partial charge in [0.15, 0.2) is 0 Å². The lowest BCUT2D eigenvalue weighted by Gasteiger charge is -2.37. The van der Waals surface area contributed by atoms with E-state index in [0.29, 0.717) is 12.0 Å². The van der Waals surface area contributed by atoms with Gasteiger partial charge in [-0.3, -0.25) is 33.6 Å². The maximum absolute atomic E-state index is 14.6. The second kappa shape index (κ2) is 29.0. The number of nitrogens with one attached hydrogen (secondary N) is 7. The molecule has 1 aliphatic carbocycles. The molecule has 7 amide bonds. The molecule has 7 rings (SSSR count). The quantitative estimate of drug-likeness (QED) is 0.0228. The molecule has 19 heteroatoms. The Labute approximate surface area is 494 Å². The normalized spacial score (nSPS) is 14.0. The Morgan fingerprint density at radius 2 is 1.00 bits per heavy atom. The van der Waals surface area contributed by atoms with E-state index < -0.39 is 114 Å². The molecule has 9 N–H and O–H groups in total. The summed E-state index contributed by atoms with van der Waals surface area (Å²) in [4.78, 5) is 122. The molecule has 0 radical (unpaired) electrons. The van der Waals surface area contributed by atoms with Crippen LogP contribution in [0.3, 0.4) is 0 Å². The van der Waals surface area contributed by atoms with Crippen LogP contribution in [0.5, 0.6) is 0 Å². The zero-order valence-corrected chi connectivity index (χ0v) is 48.1. The molecular weight excluding hydrogens is 1080 g/mol. The lowest BCUT2D eigenvalue weighted by Crippen LogP contribution is -2.62. The summed E-state index contributed by atoms with van der Waals surface area (Å²) in [6, 6.07) is 45.6. The third-order valence-corrected chi connectivity index (χ3v) is 15.3. The van der Waals surface area contributed by atoms with Crippen LogP contribution in [-0.2, 0) is 55.1 Å². The largest absolute Gasteiger partial charge is 0.481 e. The summed E-state index contributed by atoms with van der Waals surface area (Å²) >= 11 is 0. The van der Waals surface area contributed by atoms with Crippen molar-refractivity contribution in [2.45, 2.75) is 120 Å². The van der Waals surface area contributed by atoms with Crippen LogP contribution >= 0.6 is 0 Å². The fourth-order valence-corrected chi connectivity index (χ4v) is 10.4. The Kier molecular flexibility index (Phi) is 21.5. The van der Waals surface area contributed by atoms with Gasteiger partial charge in [0.25, 0.3) is 0 Å². The SMILES string of the molecule is CC[C@H](C)[C@H](NC(=O)[C@H](Cc1ccccc1)NC(=O)[C@H](C)NC(=O)C(C)(C)NC(=O)[C@H](CCC(=O)NC(c1ccccc1)(c1ccccc1)c1ccccc1)NC(=O)OCC1c2ccccc2-c2ccccc21)C(=O)N[C@@H](CCC(=O)O)C(=O)O. The van der Waals surface area contributed by atoms with Crippen molar-refractivity contribution in [3.8, 4) is 11.1 Å². The maximum Gasteiger partial charge on any atom is 0.407 e. The van der Waals surface area contributed by atoms with Crippen LogP contribution in [-0.4, -0.2) is 106 Å². The molecule has 6 aromatic rings. The lowest BCUT2D eigenvalue weighted by atomic mass is 9.77. The van der Waals surface area contributed by atoms with E-state index >= 15 is 0 Å². The van der Waals surface area contributed by atoms with Crippen LogP contribution in [0.1, 0.15) is 106 Å². The molecule has 85 heavy (non-hydrogen) atoms. The van der Waals surface area contributed by atoms with Crippen LogP contribution in [0.4, 0.5) is 4.79 Å². The summed E-state index contributed by atoms with van der Waals surface area (Å²) in [6.45, 7) is 7.47. The maximum atomic E-state index is 14.6. The van der Waals surface area contributed by atoms with Crippen molar-refractivity contribution >= 4 is 53.5 Å². The number of carboxylic acids is 2. The van der Waals surface area contributed by atoms with E-state index in [1.807, 2.05) is 140 Å². The molecular formula is C66H73N7O12. The minimum Gasteiger partial charge on any atom is -0.481 e. The predicted molar refractivity (Wildman–Crippen MR) is 318 cm³/mol. The average Bonchev–Trinajstić information content (AvgIpc) is 3.54. The molecule has 0 aliphatic heterocycles. The first kappa shape index (κ1) is 62.9. The van der Waals surface area contributed by atoms with Gasteiger partial charge in [-0.25, -0.2) is 9.59 Å².